The fourth-order valence-electron chi connectivity index (χ4n) is 3.72. The quantitative estimate of drug-likeness (QED) is 0.878. The van der Waals surface area contributed by atoms with Crippen LogP contribution in [0.15, 0.2) is 29.1 Å². The molecule has 1 fully saturated rings. The van der Waals surface area contributed by atoms with Crippen molar-refractivity contribution >= 4 is 17.4 Å². The topological polar surface area (TPSA) is 78.5 Å². The predicted molar refractivity (Wildman–Crippen MR) is 98.6 cm³/mol. The van der Waals surface area contributed by atoms with Crippen molar-refractivity contribution in [1.29, 1.82) is 0 Å². The van der Waals surface area contributed by atoms with Gasteiger partial charge in [-0.2, -0.15) is 0 Å². The minimum absolute atomic E-state index is 0.0479. The lowest BCUT2D eigenvalue weighted by Crippen LogP contribution is -2.39. The van der Waals surface area contributed by atoms with Crippen LogP contribution in [0.5, 0.6) is 0 Å². The molecule has 1 N–H and O–H groups in total. The van der Waals surface area contributed by atoms with Crippen LogP contribution in [0.1, 0.15) is 18.3 Å². The molecule has 7 nitrogen and oxygen atoms in total. The molecule has 1 aromatic carbocycles. The van der Waals surface area contributed by atoms with Gasteiger partial charge in [0, 0.05) is 25.2 Å². The number of anilines is 2. The first-order valence-corrected chi connectivity index (χ1v) is 9.04. The van der Waals surface area contributed by atoms with Gasteiger partial charge in [-0.05, 0) is 31.0 Å². The van der Waals surface area contributed by atoms with Gasteiger partial charge in [-0.15, -0.1) is 0 Å². The van der Waals surface area contributed by atoms with Crippen LogP contribution in [0.2, 0.25) is 0 Å². The van der Waals surface area contributed by atoms with Gasteiger partial charge in [0.1, 0.15) is 17.5 Å². The maximum Gasteiger partial charge on any atom is 0.252 e. The average Bonchev–Trinajstić information content (AvgIpc) is 2.97. The van der Waals surface area contributed by atoms with Crippen LogP contribution in [0.4, 0.5) is 15.9 Å². The number of ether oxygens (including phenoxy) is 1. The van der Waals surface area contributed by atoms with Crippen molar-refractivity contribution < 1.29 is 13.9 Å². The molecule has 2 aromatic rings. The Bertz CT molecular complexity index is 923. The van der Waals surface area contributed by atoms with Crippen molar-refractivity contribution in [2.75, 3.05) is 36.1 Å². The molecule has 1 amide bonds. The Labute approximate surface area is 155 Å². The molecule has 8 heteroatoms. The number of hydrogen-bond acceptors (Lipinski definition) is 5. The molecule has 0 spiro atoms. The van der Waals surface area contributed by atoms with Gasteiger partial charge >= 0.3 is 0 Å². The van der Waals surface area contributed by atoms with E-state index < -0.39 is 0 Å². The number of aromatic nitrogens is 2. The number of carbonyl (C=O) groups is 1. The number of rotatable bonds is 3. The van der Waals surface area contributed by atoms with Crippen LogP contribution in [0.25, 0.3) is 0 Å². The number of benzene rings is 1. The summed E-state index contributed by atoms with van der Waals surface area (Å²) in [7, 11) is 0. The zero-order chi connectivity index (χ0) is 19.0. The number of nitrogens with zero attached hydrogens (tertiary/aromatic N) is 3. The summed E-state index contributed by atoms with van der Waals surface area (Å²) in [6.45, 7) is 4.39. The van der Waals surface area contributed by atoms with E-state index in [0.717, 1.165) is 5.56 Å². The normalized spacial score (nSPS) is 19.3. The second kappa shape index (κ2) is 7.11. The molecule has 0 bridgehead atoms. The molecule has 3 heterocycles. The number of H-pyrrole nitrogens is 1. The standard InChI is InChI=1S/C19H21FN4O3/c1-12-8-13-2-3-14(20)9-15(13)24(12)19(26)10-16-21-17(11-18(25)22-16)23-4-6-27-7-5-23/h2-3,9,11-12H,4-8,10H2,1H3,(H,21,22,25)/t12-/m0/s1. The highest BCUT2D eigenvalue weighted by molar-refractivity contribution is 5.97. The zero-order valence-corrected chi connectivity index (χ0v) is 15.1. The van der Waals surface area contributed by atoms with E-state index in [1.165, 1.54) is 18.2 Å². The van der Waals surface area contributed by atoms with Crippen LogP contribution in [-0.2, 0) is 22.4 Å². The van der Waals surface area contributed by atoms with E-state index in [1.54, 1.807) is 11.0 Å². The van der Waals surface area contributed by atoms with Gasteiger partial charge in [0.2, 0.25) is 5.91 Å². The third kappa shape index (κ3) is 3.57. The molecule has 1 aromatic heterocycles. The van der Waals surface area contributed by atoms with E-state index in [1.807, 2.05) is 11.8 Å². The third-order valence-electron chi connectivity index (χ3n) is 4.96. The number of hydrogen-bond donors (Lipinski definition) is 1. The monoisotopic (exact) mass is 372 g/mol. The van der Waals surface area contributed by atoms with Gasteiger partial charge in [-0.25, -0.2) is 9.37 Å². The summed E-state index contributed by atoms with van der Waals surface area (Å²) in [5.41, 5.74) is 1.25. The maximum atomic E-state index is 13.7. The lowest BCUT2D eigenvalue weighted by Gasteiger charge is -2.28. The molecule has 1 atom stereocenters. The second-order valence-electron chi connectivity index (χ2n) is 6.92. The van der Waals surface area contributed by atoms with Crippen LogP contribution >= 0.6 is 0 Å². The summed E-state index contributed by atoms with van der Waals surface area (Å²) in [6, 6.07) is 5.88. The number of amides is 1. The SMILES string of the molecule is C[C@H]1Cc2ccc(F)cc2N1C(=O)Cc1nc(N2CCOCC2)cc(=O)[nH]1. The summed E-state index contributed by atoms with van der Waals surface area (Å²) in [5, 5.41) is 0. The van der Waals surface area contributed by atoms with Crippen LogP contribution in [0, 0.1) is 5.82 Å². The molecule has 0 radical (unpaired) electrons. The van der Waals surface area contributed by atoms with Gasteiger partial charge in [0.25, 0.3) is 5.56 Å². The van der Waals surface area contributed by atoms with Crippen molar-refractivity contribution in [3.05, 3.63) is 51.8 Å². The number of morpholine rings is 1. The fraction of sp³-hybridized carbons (Fsp3) is 0.421. The number of nitrogens with one attached hydrogen (secondary N) is 1. The molecule has 0 unspecified atom stereocenters. The molecular formula is C19H21FN4O3. The van der Waals surface area contributed by atoms with Crippen molar-refractivity contribution in [1.82, 2.24) is 9.97 Å². The van der Waals surface area contributed by atoms with Crippen LogP contribution in [-0.4, -0.2) is 48.2 Å². The van der Waals surface area contributed by atoms with Gasteiger partial charge < -0.3 is 19.5 Å². The summed E-state index contributed by atoms with van der Waals surface area (Å²) in [4.78, 5) is 35.6. The Morgan fingerprint density at radius 3 is 2.89 bits per heavy atom. The van der Waals surface area contributed by atoms with Crippen LogP contribution < -0.4 is 15.4 Å². The summed E-state index contributed by atoms with van der Waals surface area (Å²) >= 11 is 0. The predicted octanol–water partition coefficient (Wildman–Crippen LogP) is 1.27. The Balaban J connectivity index is 1.57. The molecule has 4 rings (SSSR count). The molecule has 27 heavy (non-hydrogen) atoms. The number of fused-ring (bicyclic) bond motifs is 1. The van der Waals surface area contributed by atoms with E-state index in [0.29, 0.717) is 50.1 Å². The molecular weight excluding hydrogens is 351 g/mol. The van der Waals surface area contributed by atoms with E-state index in [4.69, 9.17) is 4.74 Å². The molecule has 2 aliphatic rings. The molecule has 1 saturated heterocycles. The average molecular weight is 372 g/mol. The first-order chi connectivity index (χ1) is 13.0. The van der Waals surface area contributed by atoms with E-state index in [2.05, 4.69) is 9.97 Å². The first-order valence-electron chi connectivity index (χ1n) is 9.04. The van der Waals surface area contributed by atoms with E-state index >= 15 is 0 Å². The van der Waals surface area contributed by atoms with Gasteiger partial charge in [0.05, 0.1) is 25.3 Å². The van der Waals surface area contributed by atoms with Crippen LogP contribution in [0.3, 0.4) is 0 Å². The Hall–Kier alpha value is -2.74. The highest BCUT2D eigenvalue weighted by atomic mass is 19.1. The molecule has 0 saturated carbocycles. The van der Waals surface area contributed by atoms with Crippen molar-refractivity contribution in [2.45, 2.75) is 25.8 Å². The van der Waals surface area contributed by atoms with Gasteiger partial charge in [-0.1, -0.05) is 6.07 Å². The maximum absolute atomic E-state index is 13.7. The van der Waals surface area contributed by atoms with E-state index in [-0.39, 0.29) is 29.7 Å². The largest absolute Gasteiger partial charge is 0.378 e. The summed E-state index contributed by atoms with van der Waals surface area (Å²) in [6.07, 6.45) is 0.632. The van der Waals surface area contributed by atoms with Gasteiger partial charge in [-0.3, -0.25) is 9.59 Å². The van der Waals surface area contributed by atoms with Gasteiger partial charge in [0.15, 0.2) is 0 Å². The zero-order valence-electron chi connectivity index (χ0n) is 15.1. The van der Waals surface area contributed by atoms with Crippen molar-refractivity contribution in [3.63, 3.8) is 0 Å². The fourth-order valence-corrected chi connectivity index (χ4v) is 3.72. The molecule has 2 aliphatic heterocycles. The lowest BCUT2D eigenvalue weighted by atomic mass is 10.1. The van der Waals surface area contributed by atoms with Crippen molar-refractivity contribution in [2.24, 2.45) is 0 Å². The molecule has 142 valence electrons. The highest BCUT2D eigenvalue weighted by Gasteiger charge is 2.31. The second-order valence-corrected chi connectivity index (χ2v) is 6.92. The first kappa shape index (κ1) is 17.7. The number of carbonyl (C=O) groups excluding carboxylic acids is 1. The Kier molecular flexibility index (Phi) is 4.65. The summed E-state index contributed by atoms with van der Waals surface area (Å²) < 4.78 is 19.0. The molecule has 0 aliphatic carbocycles. The Morgan fingerprint density at radius 1 is 1.33 bits per heavy atom. The number of aromatic amines is 1. The highest BCUT2D eigenvalue weighted by Crippen LogP contribution is 2.33. The minimum atomic E-state index is -0.374. The van der Waals surface area contributed by atoms with Crippen molar-refractivity contribution in [3.8, 4) is 0 Å². The Morgan fingerprint density at radius 2 is 2.11 bits per heavy atom. The number of halogens is 1. The van der Waals surface area contributed by atoms with E-state index in [9.17, 15) is 14.0 Å². The summed E-state index contributed by atoms with van der Waals surface area (Å²) in [5.74, 6) is 0.271. The third-order valence-corrected chi connectivity index (χ3v) is 4.96. The smallest absolute Gasteiger partial charge is 0.252 e. The minimum Gasteiger partial charge on any atom is -0.378 e. The lowest BCUT2D eigenvalue weighted by molar-refractivity contribution is -0.118.